The van der Waals surface area contributed by atoms with Crippen LogP contribution in [0, 0.1) is 0 Å². The third kappa shape index (κ3) is 5.03. The zero-order valence-corrected chi connectivity index (χ0v) is 18.3. The molecule has 0 bridgehead atoms. The molecule has 1 saturated heterocycles. The average molecular weight is 441 g/mol. The maximum atomic E-state index is 12.9. The number of anilines is 1. The van der Waals surface area contributed by atoms with Crippen molar-refractivity contribution in [3.63, 3.8) is 0 Å². The third-order valence-corrected chi connectivity index (χ3v) is 5.61. The second kappa shape index (κ2) is 9.03. The standard InChI is InChI=1S/C22H25ClN6O2/c1-28-9-7-16(8-10-28)31-21(30)17-6-4-3-5-14(17)11-15-13-29(2)27-20(15)18-12-19(23)26-22(24)25-18/h3-6,12-13,16H,7-11H2,1-2H3,(H2,24,25,26). The van der Waals surface area contributed by atoms with E-state index in [-0.39, 0.29) is 23.2 Å². The zero-order chi connectivity index (χ0) is 22.0. The lowest BCUT2D eigenvalue weighted by atomic mass is 9.99. The fourth-order valence-corrected chi connectivity index (χ4v) is 4.03. The zero-order valence-electron chi connectivity index (χ0n) is 17.6. The SMILES string of the molecule is CN1CCC(OC(=O)c2ccccc2Cc2cn(C)nc2-c2cc(Cl)nc(N)n2)CC1. The van der Waals surface area contributed by atoms with E-state index >= 15 is 0 Å². The van der Waals surface area contributed by atoms with Gasteiger partial charge in [-0.2, -0.15) is 5.10 Å². The number of nitrogens with two attached hydrogens (primary N) is 1. The highest BCUT2D eigenvalue weighted by Gasteiger charge is 2.23. The van der Waals surface area contributed by atoms with Crippen LogP contribution in [0.2, 0.25) is 5.15 Å². The van der Waals surface area contributed by atoms with Crippen molar-refractivity contribution < 1.29 is 9.53 Å². The van der Waals surface area contributed by atoms with Gasteiger partial charge in [0.05, 0.1) is 11.3 Å². The molecule has 1 fully saturated rings. The van der Waals surface area contributed by atoms with Crippen molar-refractivity contribution in [2.45, 2.75) is 25.4 Å². The van der Waals surface area contributed by atoms with Crippen molar-refractivity contribution in [1.29, 1.82) is 0 Å². The lowest BCUT2D eigenvalue weighted by Crippen LogP contribution is -2.35. The van der Waals surface area contributed by atoms with Crippen LogP contribution in [0.3, 0.4) is 0 Å². The normalized spacial score (nSPS) is 15.2. The molecule has 0 unspecified atom stereocenters. The Morgan fingerprint density at radius 1 is 1.19 bits per heavy atom. The highest BCUT2D eigenvalue weighted by atomic mass is 35.5. The molecule has 4 rings (SSSR count). The minimum absolute atomic E-state index is 0.0446. The van der Waals surface area contributed by atoms with Crippen LogP contribution in [-0.2, 0) is 18.2 Å². The number of esters is 1. The second-order valence-corrected chi connectivity index (χ2v) is 8.24. The van der Waals surface area contributed by atoms with Crippen molar-refractivity contribution in [1.82, 2.24) is 24.6 Å². The maximum absolute atomic E-state index is 12.9. The Kier molecular flexibility index (Phi) is 6.20. The van der Waals surface area contributed by atoms with E-state index in [2.05, 4.69) is 27.0 Å². The Balaban J connectivity index is 1.59. The number of aromatic nitrogens is 4. The smallest absolute Gasteiger partial charge is 0.338 e. The molecule has 1 aliphatic rings. The molecule has 9 heteroatoms. The molecule has 0 radical (unpaired) electrons. The largest absolute Gasteiger partial charge is 0.459 e. The van der Waals surface area contributed by atoms with Gasteiger partial charge in [-0.25, -0.2) is 14.8 Å². The number of likely N-dealkylation sites (tertiary alicyclic amines) is 1. The number of rotatable bonds is 5. The Bertz CT molecular complexity index is 1070. The van der Waals surface area contributed by atoms with Gasteiger partial charge in [-0.1, -0.05) is 29.8 Å². The molecule has 0 atom stereocenters. The Labute approximate surface area is 186 Å². The van der Waals surface area contributed by atoms with Gasteiger partial charge < -0.3 is 15.4 Å². The predicted octanol–water partition coefficient (Wildman–Crippen LogP) is 2.95. The minimum Gasteiger partial charge on any atom is -0.459 e. The lowest BCUT2D eigenvalue weighted by molar-refractivity contribution is 0.0138. The van der Waals surface area contributed by atoms with Gasteiger partial charge in [0, 0.05) is 44.4 Å². The second-order valence-electron chi connectivity index (χ2n) is 7.85. The summed E-state index contributed by atoms with van der Waals surface area (Å²) in [5, 5.41) is 4.78. The van der Waals surface area contributed by atoms with E-state index in [0.717, 1.165) is 37.1 Å². The van der Waals surface area contributed by atoms with Gasteiger partial charge >= 0.3 is 5.97 Å². The van der Waals surface area contributed by atoms with Gasteiger partial charge in [-0.15, -0.1) is 0 Å². The summed E-state index contributed by atoms with van der Waals surface area (Å²) in [4.78, 5) is 23.4. The van der Waals surface area contributed by atoms with Crippen molar-refractivity contribution in [3.8, 4) is 11.4 Å². The molecule has 3 heterocycles. The van der Waals surface area contributed by atoms with Crippen molar-refractivity contribution in [2.24, 2.45) is 7.05 Å². The average Bonchev–Trinajstić information content (AvgIpc) is 3.09. The van der Waals surface area contributed by atoms with Crippen LogP contribution in [0.15, 0.2) is 36.5 Å². The van der Waals surface area contributed by atoms with E-state index in [1.807, 2.05) is 37.5 Å². The third-order valence-electron chi connectivity index (χ3n) is 5.42. The highest BCUT2D eigenvalue weighted by molar-refractivity contribution is 6.29. The number of aryl methyl sites for hydroxylation is 1. The first-order valence-electron chi connectivity index (χ1n) is 10.2. The molecule has 0 saturated carbocycles. The van der Waals surface area contributed by atoms with Gasteiger partial charge in [0.15, 0.2) is 0 Å². The fourth-order valence-electron chi connectivity index (χ4n) is 3.84. The van der Waals surface area contributed by atoms with Crippen LogP contribution in [-0.4, -0.2) is 56.9 Å². The predicted molar refractivity (Wildman–Crippen MR) is 119 cm³/mol. The first kappa shape index (κ1) is 21.3. The molecule has 31 heavy (non-hydrogen) atoms. The Morgan fingerprint density at radius 3 is 2.68 bits per heavy atom. The minimum atomic E-state index is -0.287. The van der Waals surface area contributed by atoms with Gasteiger partial charge in [0.2, 0.25) is 5.95 Å². The number of nitrogens with zero attached hydrogens (tertiary/aromatic N) is 5. The highest BCUT2D eigenvalue weighted by Crippen LogP contribution is 2.26. The number of ether oxygens (including phenoxy) is 1. The molecule has 2 N–H and O–H groups in total. The summed E-state index contributed by atoms with van der Waals surface area (Å²) in [5.74, 6) is -0.203. The number of nitrogen functional groups attached to an aromatic ring is 1. The number of hydrogen-bond acceptors (Lipinski definition) is 7. The monoisotopic (exact) mass is 440 g/mol. The molecule has 1 aliphatic heterocycles. The van der Waals surface area contributed by atoms with Crippen molar-refractivity contribution in [2.75, 3.05) is 25.9 Å². The van der Waals surface area contributed by atoms with Crippen LogP contribution >= 0.6 is 11.6 Å². The molecule has 0 amide bonds. The number of halogens is 1. The molecule has 1 aromatic carbocycles. The number of benzene rings is 1. The molecule has 0 spiro atoms. The van der Waals surface area contributed by atoms with Gasteiger partial charge in [-0.3, -0.25) is 4.68 Å². The molecular weight excluding hydrogens is 416 g/mol. The number of carbonyl (C=O) groups excluding carboxylic acids is 1. The fraction of sp³-hybridized carbons (Fsp3) is 0.364. The first-order chi connectivity index (χ1) is 14.9. The van der Waals surface area contributed by atoms with Crippen LogP contribution in [0.25, 0.3) is 11.4 Å². The van der Waals surface area contributed by atoms with Crippen molar-refractivity contribution >= 4 is 23.5 Å². The Hall–Kier alpha value is -2.97. The summed E-state index contributed by atoms with van der Waals surface area (Å²) in [7, 11) is 3.91. The molecule has 162 valence electrons. The van der Waals surface area contributed by atoms with E-state index < -0.39 is 0 Å². The summed E-state index contributed by atoms with van der Waals surface area (Å²) in [6.45, 7) is 1.87. The van der Waals surface area contributed by atoms with Gasteiger partial charge in [0.1, 0.15) is 17.0 Å². The van der Waals surface area contributed by atoms with Crippen LogP contribution < -0.4 is 5.73 Å². The van der Waals surface area contributed by atoms with Gasteiger partial charge in [-0.05, 0) is 31.5 Å². The summed E-state index contributed by atoms with van der Waals surface area (Å²) in [5.41, 5.74) is 9.28. The lowest BCUT2D eigenvalue weighted by Gasteiger charge is -2.28. The van der Waals surface area contributed by atoms with E-state index in [1.165, 1.54) is 0 Å². The molecule has 2 aromatic heterocycles. The van der Waals surface area contributed by atoms with Crippen molar-refractivity contribution in [3.05, 3.63) is 58.4 Å². The van der Waals surface area contributed by atoms with Crippen LogP contribution in [0.5, 0.6) is 0 Å². The molecular formula is C22H25ClN6O2. The topological polar surface area (TPSA) is 99.2 Å². The molecule has 8 nitrogen and oxygen atoms in total. The number of hydrogen-bond donors (Lipinski definition) is 1. The van der Waals surface area contributed by atoms with Crippen LogP contribution in [0.4, 0.5) is 5.95 Å². The summed E-state index contributed by atoms with van der Waals surface area (Å²) >= 11 is 6.06. The summed E-state index contributed by atoms with van der Waals surface area (Å²) < 4.78 is 7.52. The van der Waals surface area contributed by atoms with E-state index in [4.69, 9.17) is 22.1 Å². The Morgan fingerprint density at radius 2 is 1.94 bits per heavy atom. The van der Waals surface area contributed by atoms with Crippen LogP contribution in [0.1, 0.15) is 34.3 Å². The first-order valence-corrected chi connectivity index (χ1v) is 10.6. The quantitative estimate of drug-likeness (QED) is 0.481. The van der Waals surface area contributed by atoms with E-state index in [9.17, 15) is 4.79 Å². The molecule has 3 aromatic rings. The number of piperidine rings is 1. The van der Waals surface area contributed by atoms with E-state index in [0.29, 0.717) is 23.4 Å². The maximum Gasteiger partial charge on any atom is 0.338 e. The van der Waals surface area contributed by atoms with E-state index in [1.54, 1.807) is 10.7 Å². The molecule has 0 aliphatic carbocycles. The summed E-state index contributed by atoms with van der Waals surface area (Å²) in [6, 6.07) is 9.14. The van der Waals surface area contributed by atoms with Gasteiger partial charge in [0.25, 0.3) is 0 Å². The summed E-state index contributed by atoms with van der Waals surface area (Å²) in [6.07, 6.45) is 4.06. The number of carbonyl (C=O) groups is 1.